The number of aliphatic hydroxyl groups is 1. The van der Waals surface area contributed by atoms with Crippen LogP contribution in [0, 0.1) is 18.3 Å². The minimum Gasteiger partial charge on any atom is -0.378 e. The van der Waals surface area contributed by atoms with Crippen LogP contribution in [0.15, 0.2) is 48.1 Å². The predicted octanol–water partition coefficient (Wildman–Crippen LogP) is 3.72. The molecule has 0 bridgehead atoms. The van der Waals surface area contributed by atoms with Crippen LogP contribution in [-0.4, -0.2) is 15.1 Å². The topological polar surface area (TPSA) is 81.8 Å². The number of nitrogens with zero attached hydrogens (tertiary/aromatic N) is 3. The van der Waals surface area contributed by atoms with Gasteiger partial charge >= 0.3 is 0 Å². The fourth-order valence-corrected chi connectivity index (χ4v) is 3.04. The smallest absolute Gasteiger partial charge is 0.138 e. The van der Waals surface area contributed by atoms with Crippen LogP contribution in [0.1, 0.15) is 28.6 Å². The van der Waals surface area contributed by atoms with Gasteiger partial charge in [-0.3, -0.25) is 0 Å². The molecule has 1 aromatic carbocycles. The maximum absolute atomic E-state index is 10.9. The summed E-state index contributed by atoms with van der Waals surface area (Å²) in [6.07, 6.45) is 3.20. The van der Waals surface area contributed by atoms with Crippen LogP contribution in [0.3, 0.4) is 0 Å². The van der Waals surface area contributed by atoms with E-state index in [4.69, 9.17) is 5.26 Å². The van der Waals surface area contributed by atoms with Gasteiger partial charge in [0.25, 0.3) is 0 Å². The Kier molecular flexibility index (Phi) is 4.30. The van der Waals surface area contributed by atoms with Crippen LogP contribution in [-0.2, 0) is 5.60 Å². The number of benzene rings is 1. The number of rotatable bonds is 4. The molecular formula is C18H16N4OS. The highest BCUT2D eigenvalue weighted by Crippen LogP contribution is 2.33. The molecular weight excluding hydrogens is 320 g/mol. The highest BCUT2D eigenvalue weighted by molar-refractivity contribution is 7.09. The Morgan fingerprint density at radius 1 is 1.25 bits per heavy atom. The number of thiazole rings is 1. The monoisotopic (exact) mass is 336 g/mol. The number of pyridine rings is 1. The Bertz CT molecular complexity index is 880. The van der Waals surface area contributed by atoms with Gasteiger partial charge in [0.1, 0.15) is 22.5 Å². The second-order valence-electron chi connectivity index (χ2n) is 5.61. The van der Waals surface area contributed by atoms with E-state index >= 15 is 0 Å². The van der Waals surface area contributed by atoms with Gasteiger partial charge in [-0.15, -0.1) is 11.3 Å². The molecule has 0 aliphatic carbocycles. The molecule has 0 saturated carbocycles. The van der Waals surface area contributed by atoms with Gasteiger partial charge in [-0.25, -0.2) is 9.97 Å². The van der Waals surface area contributed by atoms with Gasteiger partial charge in [-0.2, -0.15) is 5.26 Å². The quantitative estimate of drug-likeness (QED) is 0.759. The lowest BCUT2D eigenvalue weighted by Crippen LogP contribution is -2.22. The fourth-order valence-electron chi connectivity index (χ4n) is 2.32. The molecule has 3 aromatic rings. The number of nitrogens with one attached hydrogen (secondary N) is 1. The van der Waals surface area contributed by atoms with E-state index in [9.17, 15) is 5.11 Å². The third-order valence-corrected chi connectivity index (χ3v) is 4.79. The average molecular weight is 336 g/mol. The Morgan fingerprint density at radius 2 is 2.08 bits per heavy atom. The van der Waals surface area contributed by atoms with E-state index in [-0.39, 0.29) is 0 Å². The molecule has 5 nitrogen and oxygen atoms in total. The van der Waals surface area contributed by atoms with E-state index in [2.05, 4.69) is 15.3 Å². The third-order valence-electron chi connectivity index (χ3n) is 3.80. The maximum Gasteiger partial charge on any atom is 0.138 e. The SMILES string of the molecule is Cc1ccc(C(C)(O)c2nccs2)cc1Nc1ccc(C#N)cn1. The molecule has 0 radical (unpaired) electrons. The molecule has 24 heavy (non-hydrogen) atoms. The highest BCUT2D eigenvalue weighted by Gasteiger charge is 2.28. The zero-order valence-corrected chi connectivity index (χ0v) is 14.1. The molecule has 1 unspecified atom stereocenters. The van der Waals surface area contributed by atoms with E-state index in [0.29, 0.717) is 16.4 Å². The molecule has 6 heteroatoms. The summed E-state index contributed by atoms with van der Waals surface area (Å²) in [7, 11) is 0. The van der Waals surface area contributed by atoms with Gasteiger partial charge in [0.15, 0.2) is 0 Å². The van der Waals surface area contributed by atoms with Crippen molar-refractivity contribution in [3.05, 3.63) is 69.8 Å². The molecule has 0 saturated heterocycles. The van der Waals surface area contributed by atoms with E-state index in [1.54, 1.807) is 25.3 Å². The van der Waals surface area contributed by atoms with Crippen LogP contribution in [0.4, 0.5) is 11.5 Å². The van der Waals surface area contributed by atoms with Crippen molar-refractivity contribution in [2.45, 2.75) is 19.4 Å². The van der Waals surface area contributed by atoms with Crippen molar-refractivity contribution in [2.24, 2.45) is 0 Å². The molecule has 2 heterocycles. The number of aryl methyl sites for hydroxylation is 1. The Balaban J connectivity index is 1.93. The zero-order chi connectivity index (χ0) is 17.2. The minimum atomic E-state index is -1.16. The first-order valence-corrected chi connectivity index (χ1v) is 8.25. The molecule has 0 fully saturated rings. The molecule has 2 aromatic heterocycles. The molecule has 0 aliphatic heterocycles. The lowest BCUT2D eigenvalue weighted by molar-refractivity contribution is 0.102. The first kappa shape index (κ1) is 16.1. The first-order valence-electron chi connectivity index (χ1n) is 7.37. The third kappa shape index (κ3) is 3.13. The lowest BCUT2D eigenvalue weighted by Gasteiger charge is -2.23. The molecule has 0 amide bonds. The normalized spacial score (nSPS) is 13.1. The second-order valence-corrected chi connectivity index (χ2v) is 6.50. The van der Waals surface area contributed by atoms with E-state index in [1.807, 2.05) is 36.6 Å². The van der Waals surface area contributed by atoms with E-state index in [0.717, 1.165) is 16.8 Å². The van der Waals surface area contributed by atoms with Crippen LogP contribution in [0.5, 0.6) is 0 Å². The summed E-state index contributed by atoms with van der Waals surface area (Å²) >= 11 is 1.42. The summed E-state index contributed by atoms with van der Waals surface area (Å²) in [6.45, 7) is 3.72. The maximum atomic E-state index is 10.9. The van der Waals surface area contributed by atoms with Gasteiger partial charge in [0, 0.05) is 23.5 Å². The van der Waals surface area contributed by atoms with Crippen LogP contribution < -0.4 is 5.32 Å². The molecule has 2 N–H and O–H groups in total. The molecule has 0 spiro atoms. The van der Waals surface area contributed by atoms with E-state index in [1.165, 1.54) is 17.5 Å². The number of hydrogen-bond acceptors (Lipinski definition) is 6. The number of anilines is 2. The summed E-state index contributed by atoms with van der Waals surface area (Å²) < 4.78 is 0. The molecule has 120 valence electrons. The van der Waals surface area contributed by atoms with Crippen molar-refractivity contribution in [3.8, 4) is 6.07 Å². The number of aromatic nitrogens is 2. The van der Waals surface area contributed by atoms with Crippen molar-refractivity contribution in [3.63, 3.8) is 0 Å². The summed E-state index contributed by atoms with van der Waals surface area (Å²) in [5.74, 6) is 0.642. The van der Waals surface area contributed by atoms with Crippen molar-refractivity contribution in [1.29, 1.82) is 5.26 Å². The number of hydrogen-bond donors (Lipinski definition) is 2. The summed E-state index contributed by atoms with van der Waals surface area (Å²) in [6, 6.07) is 11.3. The van der Waals surface area contributed by atoms with Gasteiger partial charge in [0.05, 0.1) is 5.56 Å². The van der Waals surface area contributed by atoms with Gasteiger partial charge in [0.2, 0.25) is 0 Å². The van der Waals surface area contributed by atoms with Crippen LogP contribution in [0.25, 0.3) is 0 Å². The Labute approximate surface area is 144 Å². The fraction of sp³-hybridized carbons (Fsp3) is 0.167. The van der Waals surface area contributed by atoms with Crippen molar-refractivity contribution in [2.75, 3.05) is 5.32 Å². The summed E-state index contributed by atoms with van der Waals surface area (Å²) in [5.41, 5.74) is 1.98. The van der Waals surface area contributed by atoms with Crippen LogP contribution in [0.2, 0.25) is 0 Å². The van der Waals surface area contributed by atoms with Crippen molar-refractivity contribution < 1.29 is 5.11 Å². The second kappa shape index (κ2) is 6.40. The van der Waals surface area contributed by atoms with Crippen molar-refractivity contribution in [1.82, 2.24) is 9.97 Å². The Hall–Kier alpha value is -2.75. The molecule has 3 rings (SSSR count). The predicted molar refractivity (Wildman–Crippen MR) is 94.2 cm³/mol. The molecule has 0 aliphatic rings. The lowest BCUT2D eigenvalue weighted by atomic mass is 9.95. The van der Waals surface area contributed by atoms with Crippen LogP contribution >= 0.6 is 11.3 Å². The first-order chi connectivity index (χ1) is 11.5. The number of nitriles is 1. The standard InChI is InChI=1S/C18H16N4OS/c1-12-3-5-14(18(2,23)17-20-7-8-24-17)9-15(12)22-16-6-4-13(10-19)11-21-16/h3-9,11,23H,1-2H3,(H,21,22). The highest BCUT2D eigenvalue weighted by atomic mass is 32.1. The van der Waals surface area contributed by atoms with Gasteiger partial charge < -0.3 is 10.4 Å². The molecule has 1 atom stereocenters. The Morgan fingerprint density at radius 3 is 2.71 bits per heavy atom. The zero-order valence-electron chi connectivity index (χ0n) is 13.3. The van der Waals surface area contributed by atoms with Gasteiger partial charge in [-0.1, -0.05) is 12.1 Å². The minimum absolute atomic E-state index is 0.512. The van der Waals surface area contributed by atoms with Crippen molar-refractivity contribution >= 4 is 22.8 Å². The largest absolute Gasteiger partial charge is 0.378 e. The van der Waals surface area contributed by atoms with Gasteiger partial charge in [-0.05, 0) is 43.2 Å². The average Bonchev–Trinajstić information content (AvgIpc) is 3.13. The van der Waals surface area contributed by atoms with E-state index < -0.39 is 5.60 Å². The summed E-state index contributed by atoms with van der Waals surface area (Å²) in [5, 5.41) is 25.4. The summed E-state index contributed by atoms with van der Waals surface area (Å²) in [4.78, 5) is 8.45.